The van der Waals surface area contributed by atoms with E-state index in [1.165, 1.54) is 5.56 Å². The van der Waals surface area contributed by atoms with Crippen LogP contribution in [0.3, 0.4) is 0 Å². The van der Waals surface area contributed by atoms with E-state index in [4.69, 9.17) is 4.74 Å². The zero-order chi connectivity index (χ0) is 21.6. The molecule has 31 heavy (non-hydrogen) atoms. The second-order valence-electron chi connectivity index (χ2n) is 8.60. The molecule has 0 amide bonds. The Morgan fingerprint density at radius 1 is 1.13 bits per heavy atom. The lowest BCUT2D eigenvalue weighted by molar-refractivity contribution is -0.0507. The van der Waals surface area contributed by atoms with Crippen LogP contribution < -0.4 is 9.62 Å². The highest BCUT2D eigenvalue weighted by molar-refractivity contribution is 7.97. The number of fused-ring (bicyclic) bond motifs is 2. The fraction of sp³-hybridized carbons (Fsp3) is 0.348. The molecule has 0 radical (unpaired) electrons. The number of aromatic nitrogens is 3. The minimum atomic E-state index is -0.931. The largest absolute Gasteiger partial charge is 0.386 e. The Bertz CT molecular complexity index is 1110. The van der Waals surface area contributed by atoms with Crippen molar-refractivity contribution in [1.29, 1.82) is 0 Å². The van der Waals surface area contributed by atoms with Gasteiger partial charge in [0.05, 0.1) is 29.9 Å². The second kappa shape index (κ2) is 7.56. The molecule has 0 unspecified atom stereocenters. The number of anilines is 2. The lowest BCUT2D eigenvalue weighted by Crippen LogP contribution is -2.49. The van der Waals surface area contributed by atoms with Crippen molar-refractivity contribution in [2.45, 2.75) is 29.8 Å². The van der Waals surface area contributed by atoms with Crippen molar-refractivity contribution in [1.82, 2.24) is 19.7 Å². The van der Waals surface area contributed by atoms with Crippen LogP contribution in [0.2, 0.25) is 0 Å². The molecular formula is C23H25N5O2S. The van der Waals surface area contributed by atoms with Gasteiger partial charge in [-0.1, -0.05) is 6.07 Å². The summed E-state index contributed by atoms with van der Waals surface area (Å²) in [5.41, 5.74) is 3.88. The Hall–Kier alpha value is -2.52. The average Bonchev–Trinajstić information content (AvgIpc) is 3.09. The molecule has 2 aliphatic rings. The molecule has 8 heteroatoms. The van der Waals surface area contributed by atoms with E-state index in [1.807, 2.05) is 19.2 Å². The van der Waals surface area contributed by atoms with Gasteiger partial charge in [0.2, 0.25) is 5.95 Å². The maximum Gasteiger partial charge on any atom is 0.229 e. The van der Waals surface area contributed by atoms with Crippen LogP contribution in [0.5, 0.6) is 0 Å². The number of benzene rings is 1. The van der Waals surface area contributed by atoms with Crippen LogP contribution in [-0.4, -0.2) is 46.9 Å². The van der Waals surface area contributed by atoms with Crippen LogP contribution in [0.1, 0.15) is 25.0 Å². The topological polar surface area (TPSA) is 83.4 Å². The lowest BCUT2D eigenvalue weighted by atomic mass is 9.81. The van der Waals surface area contributed by atoms with E-state index in [0.717, 1.165) is 47.2 Å². The third-order valence-electron chi connectivity index (χ3n) is 5.91. The Balaban J connectivity index is 1.48. The molecule has 0 aliphatic carbocycles. The SMILES string of the molecule is CNSc1ccc2c(c1)N(c1ncc(-c3cc(C(C)(C)O)ccn3)cn1)CC21COC1. The molecule has 7 nitrogen and oxygen atoms in total. The van der Waals surface area contributed by atoms with Gasteiger partial charge in [-0.2, -0.15) is 0 Å². The summed E-state index contributed by atoms with van der Waals surface area (Å²) in [5, 5.41) is 10.3. The molecule has 2 aliphatic heterocycles. The minimum Gasteiger partial charge on any atom is -0.386 e. The van der Waals surface area contributed by atoms with E-state index >= 15 is 0 Å². The molecule has 3 aromatic rings. The third-order valence-corrected chi connectivity index (χ3v) is 6.60. The molecule has 2 aromatic heterocycles. The van der Waals surface area contributed by atoms with Crippen molar-refractivity contribution in [3.05, 3.63) is 60.0 Å². The predicted octanol–water partition coefficient (Wildman–Crippen LogP) is 3.41. The van der Waals surface area contributed by atoms with Gasteiger partial charge in [-0.25, -0.2) is 9.97 Å². The smallest absolute Gasteiger partial charge is 0.229 e. The summed E-state index contributed by atoms with van der Waals surface area (Å²) in [5.74, 6) is 0.666. The Morgan fingerprint density at radius 2 is 1.90 bits per heavy atom. The van der Waals surface area contributed by atoms with E-state index in [2.05, 4.69) is 42.8 Å². The van der Waals surface area contributed by atoms with Crippen LogP contribution >= 0.6 is 11.9 Å². The van der Waals surface area contributed by atoms with E-state index in [1.54, 1.807) is 44.4 Å². The van der Waals surface area contributed by atoms with Crippen molar-refractivity contribution in [3.63, 3.8) is 0 Å². The van der Waals surface area contributed by atoms with Crippen molar-refractivity contribution >= 4 is 23.6 Å². The van der Waals surface area contributed by atoms with Crippen molar-refractivity contribution in [2.75, 3.05) is 31.7 Å². The maximum absolute atomic E-state index is 10.3. The zero-order valence-corrected chi connectivity index (χ0v) is 18.6. The Morgan fingerprint density at radius 3 is 2.55 bits per heavy atom. The van der Waals surface area contributed by atoms with Crippen molar-refractivity contribution in [3.8, 4) is 11.3 Å². The van der Waals surface area contributed by atoms with Gasteiger partial charge in [0.25, 0.3) is 0 Å². The van der Waals surface area contributed by atoms with Crippen LogP contribution in [0.4, 0.5) is 11.6 Å². The first-order chi connectivity index (χ1) is 14.9. The number of ether oxygens (including phenoxy) is 1. The number of nitrogens with zero attached hydrogens (tertiary/aromatic N) is 4. The van der Waals surface area contributed by atoms with Crippen LogP contribution in [0.15, 0.2) is 53.8 Å². The molecule has 0 saturated carbocycles. The summed E-state index contributed by atoms with van der Waals surface area (Å²) in [6.07, 6.45) is 5.30. The first-order valence-electron chi connectivity index (χ1n) is 10.2. The van der Waals surface area contributed by atoms with E-state index in [-0.39, 0.29) is 5.41 Å². The molecule has 1 spiro atoms. The number of rotatable bonds is 5. The van der Waals surface area contributed by atoms with Gasteiger partial charge in [0.15, 0.2) is 0 Å². The van der Waals surface area contributed by atoms with Gasteiger partial charge in [-0.05, 0) is 68.2 Å². The Labute approximate surface area is 186 Å². The maximum atomic E-state index is 10.3. The first kappa shape index (κ1) is 20.4. The van der Waals surface area contributed by atoms with Crippen molar-refractivity contribution in [2.24, 2.45) is 0 Å². The standard InChI is InChI=1S/C23H25N5O2S/c1-22(2,29)16-6-7-25-19(8-16)15-10-26-21(27-11-15)28-12-23(13-30-14-23)18-5-4-17(31-24-3)9-20(18)28/h4-11,24,29H,12-14H2,1-3H3. The lowest BCUT2D eigenvalue weighted by Gasteiger charge is -2.38. The summed E-state index contributed by atoms with van der Waals surface area (Å²) in [4.78, 5) is 17.1. The van der Waals surface area contributed by atoms with Gasteiger partial charge >= 0.3 is 0 Å². The number of hydrogen-bond acceptors (Lipinski definition) is 8. The van der Waals surface area contributed by atoms with Crippen molar-refractivity contribution < 1.29 is 9.84 Å². The summed E-state index contributed by atoms with van der Waals surface area (Å²) < 4.78 is 8.72. The van der Waals surface area contributed by atoms with Gasteiger partial charge in [0, 0.05) is 41.3 Å². The number of pyridine rings is 1. The summed E-state index contributed by atoms with van der Waals surface area (Å²) >= 11 is 1.59. The number of aliphatic hydroxyl groups is 1. The second-order valence-corrected chi connectivity index (χ2v) is 9.69. The predicted molar refractivity (Wildman–Crippen MR) is 121 cm³/mol. The average molecular weight is 436 g/mol. The normalized spacial score (nSPS) is 17.0. The zero-order valence-electron chi connectivity index (χ0n) is 17.8. The minimum absolute atomic E-state index is 0.0167. The highest BCUT2D eigenvalue weighted by atomic mass is 32.2. The number of nitrogens with one attached hydrogen (secondary N) is 1. The first-order valence-corrected chi connectivity index (χ1v) is 11.1. The van der Waals surface area contributed by atoms with Gasteiger partial charge < -0.3 is 14.7 Å². The summed E-state index contributed by atoms with van der Waals surface area (Å²) in [6, 6.07) is 10.2. The molecule has 160 valence electrons. The molecule has 0 atom stereocenters. The van der Waals surface area contributed by atoms with Crippen LogP contribution in [0.25, 0.3) is 11.3 Å². The van der Waals surface area contributed by atoms with E-state index in [9.17, 15) is 5.11 Å². The van der Waals surface area contributed by atoms with Gasteiger partial charge in [-0.3, -0.25) is 9.71 Å². The van der Waals surface area contributed by atoms with E-state index < -0.39 is 5.60 Å². The summed E-state index contributed by atoms with van der Waals surface area (Å²) in [6.45, 7) is 5.78. The summed E-state index contributed by atoms with van der Waals surface area (Å²) in [7, 11) is 1.92. The Kier molecular flexibility index (Phi) is 4.97. The fourth-order valence-corrected chi connectivity index (χ4v) is 4.72. The molecule has 2 N–H and O–H groups in total. The molecule has 1 saturated heterocycles. The highest BCUT2D eigenvalue weighted by Crippen LogP contribution is 2.48. The third kappa shape index (κ3) is 3.59. The molecule has 1 aromatic carbocycles. The van der Waals surface area contributed by atoms with Crippen LogP contribution in [0, 0.1) is 0 Å². The fourth-order valence-electron chi connectivity index (χ4n) is 4.17. The molecule has 0 bridgehead atoms. The van der Waals surface area contributed by atoms with Gasteiger partial charge in [-0.15, -0.1) is 0 Å². The molecule has 5 rings (SSSR count). The monoisotopic (exact) mass is 435 g/mol. The molecule has 1 fully saturated rings. The van der Waals surface area contributed by atoms with E-state index in [0.29, 0.717) is 5.95 Å². The van der Waals surface area contributed by atoms with Crippen LogP contribution in [-0.2, 0) is 15.8 Å². The quantitative estimate of drug-likeness (QED) is 0.590. The van der Waals surface area contributed by atoms with Gasteiger partial charge in [0.1, 0.15) is 0 Å². The highest BCUT2D eigenvalue weighted by Gasteiger charge is 2.49. The molecule has 4 heterocycles. The molecular weight excluding hydrogens is 410 g/mol. The number of hydrogen-bond donors (Lipinski definition) is 2.